The maximum atomic E-state index is 12.2. The zero-order valence-corrected chi connectivity index (χ0v) is 11.1. The summed E-state index contributed by atoms with van der Waals surface area (Å²) in [5, 5.41) is 9.44. The molecule has 1 amide bonds. The molecule has 0 saturated carbocycles. The number of carbonyl (C=O) groups is 1. The molecule has 6 heteroatoms. The van der Waals surface area contributed by atoms with Crippen LogP contribution in [0.1, 0.15) is 20.8 Å². The summed E-state index contributed by atoms with van der Waals surface area (Å²) in [5.74, 6) is 0.0923. The molecule has 2 heterocycles. The predicted octanol–water partition coefficient (Wildman–Crippen LogP) is -0.0597. The first kappa shape index (κ1) is 13.6. The van der Waals surface area contributed by atoms with Gasteiger partial charge in [0.25, 0.3) is 0 Å². The van der Waals surface area contributed by atoms with Crippen LogP contribution in [0, 0.1) is 5.92 Å². The van der Waals surface area contributed by atoms with E-state index in [1.807, 2.05) is 20.8 Å². The van der Waals surface area contributed by atoms with E-state index in [1.54, 1.807) is 4.90 Å². The Morgan fingerprint density at radius 2 is 2.17 bits per heavy atom. The number of carbonyl (C=O) groups excluding carboxylic acids is 1. The molecule has 4 atom stereocenters. The van der Waals surface area contributed by atoms with E-state index < -0.39 is 11.7 Å². The second-order valence-electron chi connectivity index (χ2n) is 5.98. The van der Waals surface area contributed by atoms with Crippen molar-refractivity contribution in [2.75, 3.05) is 19.8 Å². The fourth-order valence-electron chi connectivity index (χ4n) is 2.73. The third-order valence-corrected chi connectivity index (χ3v) is 3.54. The average molecular weight is 258 g/mol. The third-order valence-electron chi connectivity index (χ3n) is 3.54. The van der Waals surface area contributed by atoms with Gasteiger partial charge in [0.05, 0.1) is 31.9 Å². The van der Waals surface area contributed by atoms with Crippen LogP contribution >= 0.6 is 0 Å². The summed E-state index contributed by atoms with van der Waals surface area (Å²) in [6.07, 6.45) is -0.421. The molecule has 0 aromatic heterocycles. The van der Waals surface area contributed by atoms with E-state index in [4.69, 9.17) is 15.2 Å². The first-order valence-corrected chi connectivity index (χ1v) is 6.30. The summed E-state index contributed by atoms with van der Waals surface area (Å²) in [5.41, 5.74) is 5.52. The van der Waals surface area contributed by atoms with Crippen LogP contribution in [-0.2, 0) is 9.47 Å². The molecule has 2 aliphatic rings. The van der Waals surface area contributed by atoms with E-state index in [0.717, 1.165) is 0 Å². The number of aliphatic hydroxyl groups is 1. The molecule has 0 aliphatic carbocycles. The molecule has 0 bridgehead atoms. The summed E-state index contributed by atoms with van der Waals surface area (Å²) < 4.78 is 10.7. The molecule has 2 aliphatic heterocycles. The molecule has 104 valence electrons. The first-order valence-electron chi connectivity index (χ1n) is 6.30. The lowest BCUT2D eigenvalue weighted by Crippen LogP contribution is -2.49. The van der Waals surface area contributed by atoms with Gasteiger partial charge in [-0.05, 0) is 20.8 Å². The highest BCUT2D eigenvalue weighted by atomic mass is 16.6. The Hall–Kier alpha value is -0.850. The number of hydrogen-bond acceptors (Lipinski definition) is 5. The Bertz CT molecular complexity index is 327. The quantitative estimate of drug-likeness (QED) is 0.688. The molecule has 2 rings (SSSR count). The molecule has 0 aromatic carbocycles. The highest BCUT2D eigenvalue weighted by Gasteiger charge is 2.52. The predicted molar refractivity (Wildman–Crippen MR) is 65.0 cm³/mol. The van der Waals surface area contributed by atoms with Crippen molar-refractivity contribution in [2.45, 2.75) is 44.5 Å². The van der Waals surface area contributed by atoms with Gasteiger partial charge >= 0.3 is 6.09 Å². The van der Waals surface area contributed by atoms with E-state index in [2.05, 4.69) is 0 Å². The second-order valence-corrected chi connectivity index (χ2v) is 5.98. The van der Waals surface area contributed by atoms with E-state index in [0.29, 0.717) is 13.2 Å². The maximum Gasteiger partial charge on any atom is 0.411 e. The van der Waals surface area contributed by atoms with Gasteiger partial charge in [0.2, 0.25) is 0 Å². The topological polar surface area (TPSA) is 85.0 Å². The number of nitrogens with zero attached hydrogens (tertiary/aromatic N) is 1. The molecule has 18 heavy (non-hydrogen) atoms. The van der Waals surface area contributed by atoms with Gasteiger partial charge in [0.1, 0.15) is 5.60 Å². The maximum absolute atomic E-state index is 12.2. The molecule has 0 radical (unpaired) electrons. The highest BCUT2D eigenvalue weighted by Crippen LogP contribution is 2.34. The van der Waals surface area contributed by atoms with Crippen LogP contribution in [-0.4, -0.2) is 59.6 Å². The minimum Gasteiger partial charge on any atom is -0.444 e. The lowest BCUT2D eigenvalue weighted by molar-refractivity contribution is 0.00348. The van der Waals surface area contributed by atoms with Crippen molar-refractivity contribution in [3.8, 4) is 0 Å². The average Bonchev–Trinajstić information content (AvgIpc) is 2.77. The number of fused-ring (bicyclic) bond motifs is 1. The van der Waals surface area contributed by atoms with Gasteiger partial charge in [0.15, 0.2) is 0 Å². The Balaban J connectivity index is 2.16. The number of likely N-dealkylation sites (tertiary alicyclic amines) is 1. The monoisotopic (exact) mass is 258 g/mol. The molecule has 0 aromatic rings. The van der Waals surface area contributed by atoms with Crippen LogP contribution in [0.3, 0.4) is 0 Å². The van der Waals surface area contributed by atoms with Gasteiger partial charge in [-0.25, -0.2) is 4.79 Å². The standard InChI is InChI=1S/C12H22N2O4/c1-12(2,3)18-11(16)14-8(4-15)10(13)7-5-17-6-9(7)14/h7-10,15H,4-6,13H2,1-3H3/t7-,8-,9+,10-/m0/s1. The molecule has 6 nitrogen and oxygen atoms in total. The summed E-state index contributed by atoms with van der Waals surface area (Å²) >= 11 is 0. The zero-order chi connectivity index (χ0) is 13.5. The lowest BCUT2D eigenvalue weighted by atomic mass is 9.98. The van der Waals surface area contributed by atoms with Gasteiger partial charge < -0.3 is 20.3 Å². The summed E-state index contributed by atoms with van der Waals surface area (Å²) in [6, 6.07) is -0.708. The third kappa shape index (κ3) is 2.32. The number of amides is 1. The van der Waals surface area contributed by atoms with Crippen molar-refractivity contribution in [2.24, 2.45) is 11.7 Å². The molecule has 0 spiro atoms. The molecular weight excluding hydrogens is 236 g/mol. The minimum atomic E-state index is -0.557. The van der Waals surface area contributed by atoms with Crippen LogP contribution in [0.4, 0.5) is 4.79 Å². The minimum absolute atomic E-state index is 0.0769. The Kier molecular flexibility index (Phi) is 3.53. The van der Waals surface area contributed by atoms with Crippen molar-refractivity contribution >= 4 is 6.09 Å². The van der Waals surface area contributed by atoms with Crippen molar-refractivity contribution in [3.05, 3.63) is 0 Å². The van der Waals surface area contributed by atoms with Gasteiger partial charge in [-0.1, -0.05) is 0 Å². The SMILES string of the molecule is CC(C)(C)OC(=O)N1[C@@H]2COC[C@@H]2[C@H](N)[C@@H]1CO. The van der Waals surface area contributed by atoms with Gasteiger partial charge in [-0.2, -0.15) is 0 Å². The summed E-state index contributed by atoms with van der Waals surface area (Å²) in [7, 11) is 0. The highest BCUT2D eigenvalue weighted by molar-refractivity contribution is 5.70. The second kappa shape index (κ2) is 4.68. The summed E-state index contributed by atoms with van der Waals surface area (Å²) in [4.78, 5) is 13.8. The van der Waals surface area contributed by atoms with E-state index in [9.17, 15) is 9.90 Å². The Labute approximate surface area is 107 Å². The molecule has 2 fully saturated rings. The molecule has 0 unspecified atom stereocenters. The van der Waals surface area contributed by atoms with E-state index >= 15 is 0 Å². The van der Waals surface area contributed by atoms with Crippen molar-refractivity contribution in [1.29, 1.82) is 0 Å². The van der Waals surface area contributed by atoms with E-state index in [1.165, 1.54) is 0 Å². The first-order chi connectivity index (χ1) is 8.35. The molecule has 3 N–H and O–H groups in total. The molecule has 2 saturated heterocycles. The van der Waals surface area contributed by atoms with Crippen LogP contribution in [0.5, 0.6) is 0 Å². The Morgan fingerprint density at radius 3 is 2.72 bits per heavy atom. The van der Waals surface area contributed by atoms with Crippen LogP contribution in [0.25, 0.3) is 0 Å². The van der Waals surface area contributed by atoms with Gasteiger partial charge in [-0.3, -0.25) is 4.90 Å². The number of ether oxygens (including phenoxy) is 2. The summed E-state index contributed by atoms with van der Waals surface area (Å²) in [6.45, 7) is 6.32. The van der Waals surface area contributed by atoms with Crippen LogP contribution < -0.4 is 5.73 Å². The number of hydrogen-bond donors (Lipinski definition) is 2. The van der Waals surface area contributed by atoms with Crippen molar-refractivity contribution in [1.82, 2.24) is 4.90 Å². The smallest absolute Gasteiger partial charge is 0.411 e. The fraction of sp³-hybridized carbons (Fsp3) is 0.917. The Morgan fingerprint density at radius 1 is 1.50 bits per heavy atom. The lowest BCUT2D eigenvalue weighted by Gasteiger charge is -2.31. The number of nitrogens with two attached hydrogens (primary N) is 1. The van der Waals surface area contributed by atoms with Gasteiger partial charge in [0, 0.05) is 12.0 Å². The fourth-order valence-corrected chi connectivity index (χ4v) is 2.73. The number of aliphatic hydroxyl groups excluding tert-OH is 1. The van der Waals surface area contributed by atoms with E-state index in [-0.39, 0.29) is 30.7 Å². The zero-order valence-electron chi connectivity index (χ0n) is 11.1. The normalized spacial score (nSPS) is 35.7. The largest absolute Gasteiger partial charge is 0.444 e. The number of rotatable bonds is 1. The van der Waals surface area contributed by atoms with Crippen LogP contribution in [0.15, 0.2) is 0 Å². The van der Waals surface area contributed by atoms with Gasteiger partial charge in [-0.15, -0.1) is 0 Å². The molecular formula is C12H22N2O4. The van der Waals surface area contributed by atoms with Crippen molar-refractivity contribution in [3.63, 3.8) is 0 Å². The van der Waals surface area contributed by atoms with Crippen molar-refractivity contribution < 1.29 is 19.4 Å². The van der Waals surface area contributed by atoms with Crippen LogP contribution in [0.2, 0.25) is 0 Å².